The molecule has 1 aromatic rings. The van der Waals surface area contributed by atoms with Gasteiger partial charge in [0.1, 0.15) is 16.9 Å². The van der Waals surface area contributed by atoms with Crippen molar-refractivity contribution in [1.82, 2.24) is 5.01 Å². The molecule has 9 nitrogen and oxygen atoms in total. The molecule has 5 rings (SSSR count). The number of ether oxygens (including phenoxy) is 3. The Morgan fingerprint density at radius 3 is 2.47 bits per heavy atom. The first-order valence-electron chi connectivity index (χ1n) is 10.5. The highest BCUT2D eigenvalue weighted by atomic mass is 16.6. The van der Waals surface area contributed by atoms with Crippen LogP contribution in [-0.2, 0) is 33.4 Å². The molecule has 0 bridgehead atoms. The second kappa shape index (κ2) is 6.34. The topological polar surface area (TPSA) is 111 Å². The molecule has 1 amide bonds. The SMILES string of the molecule is CC(=O)O[C@H]1C(=O)N(Nc2ccccc2)[C@H]2OC(=O)[C@]34CC(=O)O[C@H]3C=C(C(C)(C)C)[C@@]214. The molecule has 3 fully saturated rings. The van der Waals surface area contributed by atoms with Crippen LogP contribution in [0.1, 0.15) is 34.1 Å². The average Bonchev–Trinajstić information content (AvgIpc) is 3.32. The second-order valence-corrected chi connectivity index (χ2v) is 9.69. The quantitative estimate of drug-likeness (QED) is 0.431. The molecule has 0 aromatic heterocycles. The minimum absolute atomic E-state index is 0.257. The fourth-order valence-electron chi connectivity index (χ4n) is 5.85. The number of benzene rings is 1. The van der Waals surface area contributed by atoms with Crippen LogP contribution < -0.4 is 5.43 Å². The number of esters is 3. The van der Waals surface area contributed by atoms with Crippen molar-refractivity contribution >= 4 is 29.5 Å². The molecule has 0 radical (unpaired) electrons. The number of carbonyl (C=O) groups is 4. The predicted octanol–water partition coefficient (Wildman–Crippen LogP) is 1.94. The number of nitrogens with zero attached hydrogens (tertiary/aromatic N) is 1. The van der Waals surface area contributed by atoms with E-state index >= 15 is 0 Å². The lowest BCUT2D eigenvalue weighted by molar-refractivity contribution is -0.166. The van der Waals surface area contributed by atoms with Crippen LogP contribution in [0.3, 0.4) is 0 Å². The molecule has 0 unspecified atom stereocenters. The maximum Gasteiger partial charge on any atom is 0.320 e. The summed E-state index contributed by atoms with van der Waals surface area (Å²) in [4.78, 5) is 51.6. The Morgan fingerprint density at radius 2 is 1.84 bits per heavy atom. The van der Waals surface area contributed by atoms with Gasteiger partial charge in [-0.3, -0.25) is 24.6 Å². The van der Waals surface area contributed by atoms with Crippen LogP contribution >= 0.6 is 0 Å². The number of para-hydroxylation sites is 1. The van der Waals surface area contributed by atoms with Gasteiger partial charge in [0.2, 0.25) is 6.23 Å². The zero-order valence-corrected chi connectivity index (χ0v) is 18.2. The smallest absolute Gasteiger partial charge is 0.320 e. The summed E-state index contributed by atoms with van der Waals surface area (Å²) in [5.41, 5.74) is 0.851. The third-order valence-electron chi connectivity index (χ3n) is 6.87. The predicted molar refractivity (Wildman–Crippen MR) is 109 cm³/mol. The first-order valence-corrected chi connectivity index (χ1v) is 10.5. The van der Waals surface area contributed by atoms with E-state index in [2.05, 4.69) is 5.43 Å². The number of hydrogen-bond donors (Lipinski definition) is 1. The van der Waals surface area contributed by atoms with Crippen LogP contribution in [0.4, 0.5) is 5.69 Å². The number of hydrogen-bond acceptors (Lipinski definition) is 8. The number of nitrogens with one attached hydrogen (secondary N) is 1. The molecule has 2 spiro atoms. The van der Waals surface area contributed by atoms with E-state index in [-0.39, 0.29) is 6.42 Å². The van der Waals surface area contributed by atoms with E-state index < -0.39 is 58.5 Å². The molecule has 1 aliphatic carbocycles. The van der Waals surface area contributed by atoms with Gasteiger partial charge in [-0.2, -0.15) is 0 Å². The molecular weight excluding hydrogens is 416 g/mol. The standard InChI is InChI=1S/C23H24N2O7/c1-12(26)30-17-18(28)25(24-13-8-6-5-7-9-13)19-23(17)14(21(2,3)4)10-15-22(23,20(29)32-19)11-16(27)31-15/h5-10,15,17,19,24H,11H2,1-4H3/t15-,17-,19-,22-,23-/m0/s1. The maximum absolute atomic E-state index is 13.7. The summed E-state index contributed by atoms with van der Waals surface area (Å²) in [7, 11) is 0. The highest BCUT2D eigenvalue weighted by Crippen LogP contribution is 2.72. The molecule has 5 atom stereocenters. The highest BCUT2D eigenvalue weighted by Gasteiger charge is 2.87. The Bertz CT molecular complexity index is 1080. The van der Waals surface area contributed by atoms with E-state index in [9.17, 15) is 19.2 Å². The Kier molecular flexibility index (Phi) is 4.07. The lowest BCUT2D eigenvalue weighted by Gasteiger charge is -2.42. The van der Waals surface area contributed by atoms with Gasteiger partial charge < -0.3 is 14.2 Å². The van der Waals surface area contributed by atoms with E-state index in [1.165, 1.54) is 11.9 Å². The number of anilines is 1. The summed E-state index contributed by atoms with van der Waals surface area (Å²) >= 11 is 0. The zero-order valence-electron chi connectivity index (χ0n) is 18.2. The zero-order chi connectivity index (χ0) is 23.1. The molecule has 1 aromatic carbocycles. The minimum atomic E-state index is -1.49. The van der Waals surface area contributed by atoms with Gasteiger partial charge in [-0.25, -0.2) is 5.01 Å². The summed E-state index contributed by atoms with van der Waals surface area (Å²) in [6.45, 7) is 7.02. The molecule has 168 valence electrons. The second-order valence-electron chi connectivity index (χ2n) is 9.69. The molecule has 3 heterocycles. The number of hydrazine groups is 1. The lowest BCUT2D eigenvalue weighted by Crippen LogP contribution is -2.55. The van der Waals surface area contributed by atoms with Gasteiger partial charge in [-0.05, 0) is 29.2 Å². The van der Waals surface area contributed by atoms with Crippen molar-refractivity contribution in [1.29, 1.82) is 0 Å². The van der Waals surface area contributed by atoms with Crippen molar-refractivity contribution in [3.63, 3.8) is 0 Å². The van der Waals surface area contributed by atoms with Crippen LogP contribution in [0.5, 0.6) is 0 Å². The summed E-state index contributed by atoms with van der Waals surface area (Å²) in [6, 6.07) is 8.92. The van der Waals surface area contributed by atoms with Gasteiger partial charge in [0.15, 0.2) is 6.10 Å². The van der Waals surface area contributed by atoms with Gasteiger partial charge >= 0.3 is 17.9 Å². The Labute approximate surface area is 184 Å². The largest absolute Gasteiger partial charge is 0.457 e. The van der Waals surface area contributed by atoms with Gasteiger partial charge in [0, 0.05) is 6.92 Å². The van der Waals surface area contributed by atoms with Crippen LogP contribution in [0.15, 0.2) is 42.0 Å². The highest BCUT2D eigenvalue weighted by molar-refractivity contribution is 5.99. The van der Waals surface area contributed by atoms with Gasteiger partial charge in [-0.1, -0.05) is 39.0 Å². The Hall–Kier alpha value is -3.36. The molecule has 3 aliphatic heterocycles. The first-order chi connectivity index (χ1) is 15.0. The van der Waals surface area contributed by atoms with Crippen molar-refractivity contribution in [3.05, 3.63) is 42.0 Å². The monoisotopic (exact) mass is 440 g/mol. The molecule has 4 aliphatic rings. The van der Waals surface area contributed by atoms with Gasteiger partial charge in [-0.15, -0.1) is 0 Å². The Morgan fingerprint density at radius 1 is 1.16 bits per heavy atom. The molecule has 3 saturated heterocycles. The van der Waals surface area contributed by atoms with Gasteiger partial charge in [0.05, 0.1) is 12.1 Å². The summed E-state index contributed by atoms with van der Waals surface area (Å²) < 4.78 is 17.0. The third kappa shape index (κ3) is 2.33. The van der Waals surface area contributed by atoms with Crippen LogP contribution in [-0.4, -0.2) is 47.3 Å². The van der Waals surface area contributed by atoms with Crippen molar-refractivity contribution in [3.8, 4) is 0 Å². The van der Waals surface area contributed by atoms with E-state index in [4.69, 9.17) is 14.2 Å². The van der Waals surface area contributed by atoms with Crippen LogP contribution in [0, 0.1) is 16.2 Å². The summed E-state index contributed by atoms with van der Waals surface area (Å²) in [5, 5.41) is 1.21. The average molecular weight is 440 g/mol. The van der Waals surface area contributed by atoms with Crippen molar-refractivity contribution in [2.24, 2.45) is 16.2 Å². The molecule has 0 saturated carbocycles. The number of amides is 1. The molecule has 9 heteroatoms. The number of rotatable bonds is 3. The fraction of sp³-hybridized carbons (Fsp3) is 0.478. The number of carbonyl (C=O) groups excluding carboxylic acids is 4. The maximum atomic E-state index is 13.7. The lowest BCUT2D eigenvalue weighted by atomic mass is 9.56. The Balaban J connectivity index is 1.74. The van der Waals surface area contributed by atoms with Crippen molar-refractivity contribution in [2.45, 2.75) is 52.6 Å². The third-order valence-corrected chi connectivity index (χ3v) is 6.87. The minimum Gasteiger partial charge on any atom is -0.457 e. The van der Waals surface area contributed by atoms with E-state index in [1.807, 2.05) is 26.8 Å². The molecule has 32 heavy (non-hydrogen) atoms. The van der Waals surface area contributed by atoms with Crippen molar-refractivity contribution < 1.29 is 33.4 Å². The van der Waals surface area contributed by atoms with E-state index in [0.717, 1.165) is 0 Å². The molecule has 1 N–H and O–H groups in total. The van der Waals surface area contributed by atoms with E-state index in [1.54, 1.807) is 30.3 Å². The van der Waals surface area contributed by atoms with Crippen LogP contribution in [0.2, 0.25) is 0 Å². The van der Waals surface area contributed by atoms with Crippen molar-refractivity contribution in [2.75, 3.05) is 5.43 Å². The molecular formula is C23H24N2O7. The summed E-state index contributed by atoms with van der Waals surface area (Å²) in [6.07, 6.45) is -1.90. The van der Waals surface area contributed by atoms with E-state index in [0.29, 0.717) is 11.3 Å². The normalized spacial score (nSPS) is 35.0. The first kappa shape index (κ1) is 20.5. The van der Waals surface area contributed by atoms with Crippen LogP contribution in [0.25, 0.3) is 0 Å². The van der Waals surface area contributed by atoms with Gasteiger partial charge in [0.25, 0.3) is 5.91 Å². The fourth-order valence-corrected chi connectivity index (χ4v) is 5.85. The summed E-state index contributed by atoms with van der Waals surface area (Å²) in [5.74, 6) is -2.43.